The molecule has 0 aliphatic heterocycles. The Bertz CT molecular complexity index is 396. The van der Waals surface area contributed by atoms with Crippen LogP contribution in [0.15, 0.2) is 16.7 Å². The van der Waals surface area contributed by atoms with Crippen LogP contribution in [-0.2, 0) is 6.18 Å². The molecule has 1 aromatic heterocycles. The highest BCUT2D eigenvalue weighted by Gasteiger charge is 2.35. The van der Waals surface area contributed by atoms with Crippen molar-refractivity contribution < 1.29 is 13.2 Å². The summed E-state index contributed by atoms with van der Waals surface area (Å²) in [6.45, 7) is 3.81. The zero-order chi connectivity index (χ0) is 13.8. The van der Waals surface area contributed by atoms with Gasteiger partial charge in [-0.25, -0.2) is 4.98 Å². The van der Waals surface area contributed by atoms with Gasteiger partial charge in [0, 0.05) is 30.8 Å². The lowest BCUT2D eigenvalue weighted by Crippen LogP contribution is -2.31. The molecule has 102 valence electrons. The first-order valence-electron chi connectivity index (χ1n) is 5.51. The van der Waals surface area contributed by atoms with Gasteiger partial charge in [-0.1, -0.05) is 6.92 Å². The fourth-order valence-corrected chi connectivity index (χ4v) is 1.81. The van der Waals surface area contributed by atoms with Crippen LogP contribution in [-0.4, -0.2) is 31.7 Å². The molecule has 0 aromatic carbocycles. The second-order valence-corrected chi connectivity index (χ2v) is 4.71. The molecule has 1 heterocycles. The van der Waals surface area contributed by atoms with Crippen LogP contribution < -0.4 is 10.2 Å². The minimum atomic E-state index is -4.40. The molecule has 7 heteroatoms. The maximum Gasteiger partial charge on any atom is 0.419 e. The average molecular weight is 326 g/mol. The second kappa shape index (κ2) is 6.38. The van der Waals surface area contributed by atoms with Gasteiger partial charge in [0.05, 0.1) is 5.56 Å². The topological polar surface area (TPSA) is 28.2 Å². The molecule has 0 fully saturated rings. The molecule has 1 rings (SSSR count). The Labute approximate surface area is 113 Å². The molecule has 0 saturated carbocycles. The van der Waals surface area contributed by atoms with Crippen LogP contribution in [0, 0.1) is 0 Å². The van der Waals surface area contributed by atoms with Crippen LogP contribution in [0.5, 0.6) is 0 Å². The Hall–Kier alpha value is -0.820. The Morgan fingerprint density at radius 3 is 2.67 bits per heavy atom. The number of halogens is 4. The summed E-state index contributed by atoms with van der Waals surface area (Å²) in [5, 5.41) is 3.06. The smallest absolute Gasteiger partial charge is 0.358 e. The molecule has 0 spiro atoms. The SMILES string of the molecule is CCNCCN(C)c1ncc(Br)cc1C(F)(F)F. The number of aromatic nitrogens is 1. The van der Waals surface area contributed by atoms with Gasteiger partial charge in [0.1, 0.15) is 5.82 Å². The van der Waals surface area contributed by atoms with Crippen LogP contribution in [0.4, 0.5) is 19.0 Å². The number of nitrogens with zero attached hydrogens (tertiary/aromatic N) is 2. The first-order valence-corrected chi connectivity index (χ1v) is 6.30. The molecule has 18 heavy (non-hydrogen) atoms. The quantitative estimate of drug-likeness (QED) is 0.844. The lowest BCUT2D eigenvalue weighted by Gasteiger charge is -2.22. The third-order valence-corrected chi connectivity index (χ3v) is 2.81. The van der Waals surface area contributed by atoms with Crippen LogP contribution in [0.25, 0.3) is 0 Å². The van der Waals surface area contributed by atoms with Crippen molar-refractivity contribution in [3.63, 3.8) is 0 Å². The van der Waals surface area contributed by atoms with Crippen molar-refractivity contribution in [2.24, 2.45) is 0 Å². The van der Waals surface area contributed by atoms with E-state index in [9.17, 15) is 13.2 Å². The van der Waals surface area contributed by atoms with Crippen molar-refractivity contribution in [1.29, 1.82) is 0 Å². The Morgan fingerprint density at radius 2 is 2.11 bits per heavy atom. The summed E-state index contributed by atoms with van der Waals surface area (Å²) in [4.78, 5) is 5.35. The van der Waals surface area contributed by atoms with Crippen molar-refractivity contribution in [3.8, 4) is 0 Å². The number of alkyl halides is 3. The Morgan fingerprint density at radius 1 is 1.44 bits per heavy atom. The van der Waals surface area contributed by atoms with Gasteiger partial charge in [-0.05, 0) is 28.5 Å². The molecule has 0 aliphatic rings. The minimum absolute atomic E-state index is 0.0522. The summed E-state index contributed by atoms with van der Waals surface area (Å²) < 4.78 is 38.9. The minimum Gasteiger partial charge on any atom is -0.358 e. The van der Waals surface area contributed by atoms with Crippen molar-refractivity contribution in [2.75, 3.05) is 31.6 Å². The highest BCUT2D eigenvalue weighted by molar-refractivity contribution is 9.10. The number of likely N-dealkylation sites (N-methyl/N-ethyl adjacent to an activating group) is 2. The van der Waals surface area contributed by atoms with E-state index in [2.05, 4.69) is 26.2 Å². The first-order chi connectivity index (χ1) is 8.36. The molecular weight excluding hydrogens is 311 g/mol. The molecule has 0 saturated heterocycles. The van der Waals surface area contributed by atoms with E-state index in [1.807, 2.05) is 6.92 Å². The third kappa shape index (κ3) is 4.13. The van der Waals surface area contributed by atoms with Gasteiger partial charge in [-0.3, -0.25) is 0 Å². The van der Waals surface area contributed by atoms with Crippen LogP contribution in [0.2, 0.25) is 0 Å². The molecule has 0 radical (unpaired) electrons. The van der Waals surface area contributed by atoms with Crippen molar-refractivity contribution >= 4 is 21.7 Å². The molecular formula is C11H15BrF3N3. The highest BCUT2D eigenvalue weighted by atomic mass is 79.9. The summed E-state index contributed by atoms with van der Waals surface area (Å²) in [7, 11) is 1.60. The van der Waals surface area contributed by atoms with Gasteiger partial charge in [-0.2, -0.15) is 13.2 Å². The highest BCUT2D eigenvalue weighted by Crippen LogP contribution is 2.36. The van der Waals surface area contributed by atoms with Gasteiger partial charge in [0.25, 0.3) is 0 Å². The predicted octanol–water partition coefficient (Wildman–Crippen LogP) is 2.91. The van der Waals surface area contributed by atoms with Gasteiger partial charge < -0.3 is 10.2 Å². The van der Waals surface area contributed by atoms with E-state index >= 15 is 0 Å². The van der Waals surface area contributed by atoms with Crippen molar-refractivity contribution in [3.05, 3.63) is 22.3 Å². The zero-order valence-electron chi connectivity index (χ0n) is 10.2. The summed E-state index contributed by atoms with van der Waals surface area (Å²) in [6, 6.07) is 1.05. The summed E-state index contributed by atoms with van der Waals surface area (Å²) in [5.74, 6) is -0.0522. The van der Waals surface area contributed by atoms with Gasteiger partial charge in [0.2, 0.25) is 0 Å². The van der Waals surface area contributed by atoms with E-state index in [4.69, 9.17) is 0 Å². The fraction of sp³-hybridized carbons (Fsp3) is 0.545. The molecule has 3 nitrogen and oxygen atoms in total. The maximum absolute atomic E-state index is 12.9. The molecule has 0 bridgehead atoms. The van der Waals surface area contributed by atoms with E-state index in [-0.39, 0.29) is 5.82 Å². The first kappa shape index (κ1) is 15.2. The fourth-order valence-electron chi connectivity index (χ4n) is 1.47. The number of anilines is 1. The number of rotatable bonds is 5. The van der Waals surface area contributed by atoms with E-state index in [0.29, 0.717) is 17.6 Å². The number of pyridine rings is 1. The molecule has 1 N–H and O–H groups in total. The molecule has 0 atom stereocenters. The number of hydrogen-bond acceptors (Lipinski definition) is 3. The number of hydrogen-bond donors (Lipinski definition) is 1. The average Bonchev–Trinajstić information content (AvgIpc) is 2.28. The largest absolute Gasteiger partial charge is 0.419 e. The molecule has 0 amide bonds. The standard InChI is InChI=1S/C11H15BrF3N3/c1-3-16-4-5-18(2)10-9(11(13,14)15)6-8(12)7-17-10/h6-7,16H,3-5H2,1-2H3. The summed E-state index contributed by atoms with van der Waals surface area (Å²) in [6.07, 6.45) is -3.03. The predicted molar refractivity (Wildman–Crippen MR) is 68.8 cm³/mol. The zero-order valence-corrected chi connectivity index (χ0v) is 11.8. The molecule has 1 aromatic rings. The van der Waals surface area contributed by atoms with E-state index < -0.39 is 11.7 Å². The van der Waals surface area contributed by atoms with E-state index in [1.165, 1.54) is 11.1 Å². The lowest BCUT2D eigenvalue weighted by molar-refractivity contribution is -0.137. The molecule has 0 unspecified atom stereocenters. The molecule has 0 aliphatic carbocycles. The summed E-state index contributed by atoms with van der Waals surface area (Å²) >= 11 is 3.01. The lowest BCUT2D eigenvalue weighted by atomic mass is 10.2. The van der Waals surface area contributed by atoms with Crippen molar-refractivity contribution in [1.82, 2.24) is 10.3 Å². The van der Waals surface area contributed by atoms with Gasteiger partial charge >= 0.3 is 6.18 Å². The normalized spacial score (nSPS) is 11.7. The maximum atomic E-state index is 12.9. The number of nitrogens with one attached hydrogen (secondary N) is 1. The van der Waals surface area contributed by atoms with E-state index in [0.717, 1.165) is 12.6 Å². The van der Waals surface area contributed by atoms with Gasteiger partial charge in [-0.15, -0.1) is 0 Å². The van der Waals surface area contributed by atoms with Crippen LogP contribution in [0.1, 0.15) is 12.5 Å². The second-order valence-electron chi connectivity index (χ2n) is 3.80. The van der Waals surface area contributed by atoms with Gasteiger partial charge in [0.15, 0.2) is 0 Å². The van der Waals surface area contributed by atoms with Crippen LogP contribution >= 0.6 is 15.9 Å². The Balaban J connectivity index is 2.93. The van der Waals surface area contributed by atoms with E-state index in [1.54, 1.807) is 7.05 Å². The monoisotopic (exact) mass is 325 g/mol. The third-order valence-electron chi connectivity index (χ3n) is 2.37. The van der Waals surface area contributed by atoms with Crippen LogP contribution in [0.3, 0.4) is 0 Å². The van der Waals surface area contributed by atoms with Crippen molar-refractivity contribution in [2.45, 2.75) is 13.1 Å². The Kier molecular flexibility index (Phi) is 5.40. The summed E-state index contributed by atoms with van der Waals surface area (Å²) in [5.41, 5.74) is -0.726.